The van der Waals surface area contributed by atoms with Gasteiger partial charge in [-0.05, 0) is 110 Å². The first-order chi connectivity index (χ1) is 25.6. The maximum absolute atomic E-state index is 2.55. The van der Waals surface area contributed by atoms with E-state index < -0.39 is 0 Å². The molecule has 2 heterocycles. The molecule has 1 atom stereocenters. The number of allylic oxidation sites excluding steroid dienone is 3. The molecule has 0 spiro atoms. The van der Waals surface area contributed by atoms with Gasteiger partial charge in [-0.3, -0.25) is 0 Å². The molecule has 0 saturated heterocycles. The van der Waals surface area contributed by atoms with Crippen LogP contribution in [0.1, 0.15) is 53.5 Å². The lowest BCUT2D eigenvalue weighted by atomic mass is 9.33. The van der Waals surface area contributed by atoms with Crippen LogP contribution >= 0.6 is 0 Å². The lowest BCUT2D eigenvalue weighted by molar-refractivity contribution is 0.293. The Balaban J connectivity index is 1.29. The van der Waals surface area contributed by atoms with Crippen molar-refractivity contribution < 1.29 is 0 Å². The van der Waals surface area contributed by atoms with E-state index in [1.807, 2.05) is 0 Å². The summed E-state index contributed by atoms with van der Waals surface area (Å²) in [5.74, 6) is 0.501. The van der Waals surface area contributed by atoms with Gasteiger partial charge in [0.25, 0.3) is 6.71 Å². The van der Waals surface area contributed by atoms with Crippen LogP contribution in [-0.2, 0) is 5.41 Å². The second kappa shape index (κ2) is 12.6. The number of anilines is 5. The first-order valence-electron chi connectivity index (χ1n) is 19.2. The molecule has 9 rings (SSSR count). The minimum atomic E-state index is 0.0753. The van der Waals surface area contributed by atoms with Crippen molar-refractivity contribution in [3.8, 4) is 22.3 Å². The third kappa shape index (κ3) is 5.74. The Bertz CT molecular complexity index is 2390. The number of benzene rings is 6. The number of fused-ring (bicyclic) bond motifs is 4. The van der Waals surface area contributed by atoms with Crippen LogP contribution in [0.2, 0.25) is 0 Å². The van der Waals surface area contributed by atoms with Crippen molar-refractivity contribution in [3.63, 3.8) is 0 Å². The van der Waals surface area contributed by atoms with E-state index in [4.69, 9.17) is 0 Å². The van der Waals surface area contributed by atoms with E-state index in [1.165, 1.54) is 78.3 Å². The predicted molar refractivity (Wildman–Crippen MR) is 229 cm³/mol. The topological polar surface area (TPSA) is 6.48 Å². The van der Waals surface area contributed by atoms with Crippen LogP contribution in [0, 0.1) is 11.3 Å². The van der Waals surface area contributed by atoms with Crippen LogP contribution in [0.15, 0.2) is 163 Å². The molecule has 3 heteroatoms. The van der Waals surface area contributed by atoms with Gasteiger partial charge in [-0.25, -0.2) is 0 Å². The van der Waals surface area contributed by atoms with Gasteiger partial charge in [0.05, 0.1) is 0 Å². The molecule has 260 valence electrons. The van der Waals surface area contributed by atoms with Gasteiger partial charge in [-0.1, -0.05) is 157 Å². The minimum Gasteiger partial charge on any atom is -0.312 e. The molecule has 3 aliphatic rings. The summed E-state index contributed by atoms with van der Waals surface area (Å²) in [5.41, 5.74) is 18.0. The maximum atomic E-state index is 2.55. The normalized spacial score (nSPS) is 16.2. The molecule has 0 radical (unpaired) electrons. The van der Waals surface area contributed by atoms with E-state index in [9.17, 15) is 0 Å². The average molecular weight is 687 g/mol. The third-order valence-electron chi connectivity index (χ3n) is 11.7. The highest BCUT2D eigenvalue weighted by atomic mass is 15.2. The average Bonchev–Trinajstić information content (AvgIpc) is 3.17. The largest absolute Gasteiger partial charge is 0.312 e. The van der Waals surface area contributed by atoms with Gasteiger partial charge in [0.1, 0.15) is 0 Å². The van der Waals surface area contributed by atoms with Gasteiger partial charge >= 0.3 is 0 Å². The zero-order valence-corrected chi connectivity index (χ0v) is 31.8. The Kier molecular flexibility index (Phi) is 7.89. The van der Waals surface area contributed by atoms with Gasteiger partial charge in [-0.2, -0.15) is 0 Å². The second-order valence-corrected chi connectivity index (χ2v) is 17.1. The summed E-state index contributed by atoms with van der Waals surface area (Å²) >= 11 is 0. The molecule has 6 aromatic carbocycles. The number of nitrogens with zero attached hydrogens (tertiary/aromatic N) is 2. The van der Waals surface area contributed by atoms with Crippen LogP contribution in [0.3, 0.4) is 0 Å². The summed E-state index contributed by atoms with van der Waals surface area (Å²) in [7, 11) is 0. The van der Waals surface area contributed by atoms with E-state index in [2.05, 4.69) is 209 Å². The van der Waals surface area contributed by atoms with Crippen molar-refractivity contribution in [3.05, 3.63) is 169 Å². The highest BCUT2D eigenvalue weighted by molar-refractivity contribution is 7.00. The number of rotatable bonds is 4. The monoisotopic (exact) mass is 686 g/mol. The fourth-order valence-electron chi connectivity index (χ4n) is 8.63. The Labute approximate surface area is 316 Å². The molecule has 0 saturated carbocycles. The van der Waals surface area contributed by atoms with Gasteiger partial charge < -0.3 is 9.80 Å². The molecule has 6 aromatic rings. The summed E-state index contributed by atoms with van der Waals surface area (Å²) in [5, 5.41) is 0. The van der Waals surface area contributed by atoms with Crippen LogP contribution in [0.25, 0.3) is 22.3 Å². The van der Waals surface area contributed by atoms with E-state index in [0.717, 1.165) is 6.42 Å². The van der Waals surface area contributed by atoms with Crippen molar-refractivity contribution in [1.82, 2.24) is 0 Å². The molecule has 0 bridgehead atoms. The molecule has 0 aromatic heterocycles. The molecular weight excluding hydrogens is 639 g/mol. The molecule has 0 fully saturated rings. The highest BCUT2D eigenvalue weighted by Crippen LogP contribution is 2.45. The molecular formula is C50H47BN2. The lowest BCUT2D eigenvalue weighted by Gasteiger charge is -2.45. The molecule has 2 aliphatic heterocycles. The van der Waals surface area contributed by atoms with E-state index in [0.29, 0.717) is 5.92 Å². The Morgan fingerprint density at radius 2 is 1.08 bits per heavy atom. The maximum Gasteiger partial charge on any atom is 0.252 e. The van der Waals surface area contributed by atoms with Crippen LogP contribution in [-0.4, -0.2) is 6.71 Å². The van der Waals surface area contributed by atoms with Crippen LogP contribution in [0.5, 0.6) is 0 Å². The molecule has 0 N–H and O–H groups in total. The third-order valence-corrected chi connectivity index (χ3v) is 11.7. The number of hydrogen-bond acceptors (Lipinski definition) is 2. The van der Waals surface area contributed by atoms with E-state index in [-0.39, 0.29) is 17.5 Å². The summed E-state index contributed by atoms with van der Waals surface area (Å²) < 4.78 is 0. The summed E-state index contributed by atoms with van der Waals surface area (Å²) in [6, 6.07) is 52.1. The summed E-state index contributed by atoms with van der Waals surface area (Å²) in [4.78, 5) is 5.07. The van der Waals surface area contributed by atoms with Crippen molar-refractivity contribution in [2.45, 2.75) is 53.4 Å². The Hall–Kier alpha value is -5.54. The molecule has 1 unspecified atom stereocenters. The molecule has 1 aliphatic carbocycles. The molecule has 2 nitrogen and oxygen atoms in total. The SMILES string of the molecule is CC(C)(C)c1ccc(N2c3cc(-c4ccccc4)ccc3B3c4ccc(-c5ccccc5)cc4N(C4=CCC(C(C)(C)C)C=C4)c4cccc2c43)cc1. The quantitative estimate of drug-likeness (QED) is 0.170. The fraction of sp³-hybridized carbons (Fsp3) is 0.200. The van der Waals surface area contributed by atoms with Crippen LogP contribution in [0.4, 0.5) is 28.4 Å². The second-order valence-electron chi connectivity index (χ2n) is 17.1. The minimum absolute atomic E-state index is 0.0753. The smallest absolute Gasteiger partial charge is 0.252 e. The predicted octanol–water partition coefficient (Wildman–Crippen LogP) is 11.6. The Morgan fingerprint density at radius 3 is 1.58 bits per heavy atom. The van der Waals surface area contributed by atoms with Crippen molar-refractivity contribution >= 4 is 51.5 Å². The summed E-state index contributed by atoms with van der Waals surface area (Å²) in [6.45, 7) is 14.0. The number of hydrogen-bond donors (Lipinski definition) is 0. The van der Waals surface area contributed by atoms with Crippen molar-refractivity contribution in [1.29, 1.82) is 0 Å². The zero-order valence-electron chi connectivity index (χ0n) is 31.8. The first-order valence-corrected chi connectivity index (χ1v) is 19.2. The van der Waals surface area contributed by atoms with E-state index >= 15 is 0 Å². The summed E-state index contributed by atoms with van der Waals surface area (Å²) in [6.07, 6.45) is 8.32. The van der Waals surface area contributed by atoms with Crippen molar-refractivity contribution in [2.24, 2.45) is 11.3 Å². The van der Waals surface area contributed by atoms with Crippen molar-refractivity contribution in [2.75, 3.05) is 9.80 Å². The lowest BCUT2D eigenvalue weighted by Crippen LogP contribution is -2.61. The van der Waals surface area contributed by atoms with Gasteiger partial charge in [0.2, 0.25) is 0 Å². The van der Waals surface area contributed by atoms with Gasteiger partial charge in [-0.15, -0.1) is 0 Å². The van der Waals surface area contributed by atoms with Gasteiger partial charge in [0, 0.05) is 34.1 Å². The molecule has 0 amide bonds. The van der Waals surface area contributed by atoms with E-state index in [1.54, 1.807) is 0 Å². The standard InChI is InChI=1S/C50H47BN2/c1-49(2,3)38-22-26-40(27-23-38)52-44-18-13-19-45-48(44)51(42-30-20-36(32-46(42)52)34-14-9-7-10-15-34)43-31-21-37(35-16-11-8-12-17-35)33-47(43)53(45)41-28-24-39(25-29-41)50(4,5)6/h7-24,26-33,39H,25H2,1-6H3. The highest BCUT2D eigenvalue weighted by Gasteiger charge is 2.43. The van der Waals surface area contributed by atoms with Crippen LogP contribution < -0.4 is 26.2 Å². The Morgan fingerprint density at radius 1 is 0.528 bits per heavy atom. The fourth-order valence-corrected chi connectivity index (χ4v) is 8.63. The van der Waals surface area contributed by atoms with Gasteiger partial charge in [0.15, 0.2) is 0 Å². The molecule has 53 heavy (non-hydrogen) atoms. The first kappa shape index (κ1) is 33.3. The zero-order chi connectivity index (χ0) is 36.5.